The number of aryl methyl sites for hydroxylation is 2. The van der Waals surface area contributed by atoms with Gasteiger partial charge in [-0.15, -0.1) is 0 Å². The zero-order valence-electron chi connectivity index (χ0n) is 18.8. The number of nitrogens with zero attached hydrogens (tertiary/aromatic N) is 3. The fourth-order valence-corrected chi connectivity index (χ4v) is 4.07. The fourth-order valence-electron chi connectivity index (χ4n) is 4.07. The molecule has 4 rings (SSSR count). The van der Waals surface area contributed by atoms with Gasteiger partial charge in [0.2, 0.25) is 0 Å². The van der Waals surface area contributed by atoms with E-state index in [1.165, 1.54) is 18.3 Å². The Kier molecular flexibility index (Phi) is 6.35. The number of carbonyl (C=O) groups excluding carboxylic acids is 2. The van der Waals surface area contributed by atoms with Crippen molar-refractivity contribution in [2.75, 3.05) is 25.5 Å². The maximum atomic E-state index is 13.8. The molecule has 0 bridgehead atoms. The van der Waals surface area contributed by atoms with Crippen molar-refractivity contribution in [1.82, 2.24) is 14.9 Å². The maximum Gasteiger partial charge on any atom is 0.259 e. The summed E-state index contributed by atoms with van der Waals surface area (Å²) < 4.78 is 19.3. The number of rotatable bonds is 5. The number of aromatic nitrogens is 2. The first-order chi connectivity index (χ1) is 15.9. The predicted octanol–water partition coefficient (Wildman–Crippen LogP) is 4.12. The molecule has 1 atom stereocenters. The highest BCUT2D eigenvalue weighted by atomic mass is 19.1. The first kappa shape index (κ1) is 22.4. The van der Waals surface area contributed by atoms with Gasteiger partial charge in [0.1, 0.15) is 17.4 Å². The Bertz CT molecular complexity index is 1210. The summed E-state index contributed by atoms with van der Waals surface area (Å²) in [6.07, 6.45) is 2.18. The smallest absolute Gasteiger partial charge is 0.259 e. The van der Waals surface area contributed by atoms with E-state index in [-0.39, 0.29) is 23.1 Å². The minimum absolute atomic E-state index is 0.0351. The molecule has 2 amide bonds. The lowest BCUT2D eigenvalue weighted by atomic mass is 10.1. The molecule has 3 aromatic rings. The van der Waals surface area contributed by atoms with E-state index in [1.807, 2.05) is 19.1 Å². The van der Waals surface area contributed by atoms with E-state index in [4.69, 9.17) is 4.74 Å². The van der Waals surface area contributed by atoms with Gasteiger partial charge in [0.25, 0.3) is 11.8 Å². The number of anilines is 1. The molecule has 1 aromatic heterocycles. The Morgan fingerprint density at radius 2 is 1.91 bits per heavy atom. The summed E-state index contributed by atoms with van der Waals surface area (Å²) in [6, 6.07) is 11.5. The molecule has 1 fully saturated rings. The van der Waals surface area contributed by atoms with Gasteiger partial charge in [-0.3, -0.25) is 9.59 Å². The molecule has 1 aliphatic heterocycles. The molecule has 2 aromatic carbocycles. The van der Waals surface area contributed by atoms with Crippen molar-refractivity contribution in [3.05, 3.63) is 82.7 Å². The van der Waals surface area contributed by atoms with E-state index in [0.29, 0.717) is 35.9 Å². The van der Waals surface area contributed by atoms with Gasteiger partial charge in [0.05, 0.1) is 29.6 Å². The molecule has 170 valence electrons. The van der Waals surface area contributed by atoms with Crippen LogP contribution in [0.25, 0.3) is 0 Å². The second-order valence-corrected chi connectivity index (χ2v) is 8.05. The average molecular weight is 448 g/mol. The summed E-state index contributed by atoms with van der Waals surface area (Å²) in [5.41, 5.74) is 2.32. The molecule has 0 radical (unpaired) electrons. The van der Waals surface area contributed by atoms with Crippen LogP contribution in [0.5, 0.6) is 5.75 Å². The molecular formula is C25H25FN4O3. The number of para-hydroxylation sites is 2. The van der Waals surface area contributed by atoms with Gasteiger partial charge in [0.15, 0.2) is 0 Å². The van der Waals surface area contributed by atoms with Crippen molar-refractivity contribution in [1.29, 1.82) is 0 Å². The number of carbonyl (C=O) groups is 2. The van der Waals surface area contributed by atoms with E-state index >= 15 is 0 Å². The molecule has 1 unspecified atom stereocenters. The van der Waals surface area contributed by atoms with Crippen LogP contribution in [0.15, 0.2) is 48.7 Å². The van der Waals surface area contributed by atoms with E-state index in [0.717, 1.165) is 12.0 Å². The molecule has 1 saturated heterocycles. The number of ether oxygens (including phenoxy) is 1. The first-order valence-electron chi connectivity index (χ1n) is 10.7. The average Bonchev–Trinajstić information content (AvgIpc) is 3.30. The number of benzene rings is 2. The van der Waals surface area contributed by atoms with Gasteiger partial charge >= 0.3 is 0 Å². The van der Waals surface area contributed by atoms with E-state index in [2.05, 4.69) is 15.3 Å². The van der Waals surface area contributed by atoms with E-state index < -0.39 is 11.7 Å². The lowest BCUT2D eigenvalue weighted by Crippen LogP contribution is -2.29. The Morgan fingerprint density at radius 1 is 1.12 bits per heavy atom. The Balaban J connectivity index is 1.47. The number of methoxy groups -OCH3 is 1. The Labute approximate surface area is 191 Å². The van der Waals surface area contributed by atoms with Crippen LogP contribution in [0.2, 0.25) is 0 Å². The van der Waals surface area contributed by atoms with Crippen molar-refractivity contribution in [3.63, 3.8) is 0 Å². The summed E-state index contributed by atoms with van der Waals surface area (Å²) in [7, 11) is 1.56. The van der Waals surface area contributed by atoms with Crippen molar-refractivity contribution < 1.29 is 18.7 Å². The minimum Gasteiger partial charge on any atom is -0.496 e. The van der Waals surface area contributed by atoms with Crippen LogP contribution in [0.1, 0.15) is 50.1 Å². The maximum absolute atomic E-state index is 13.8. The molecule has 8 heteroatoms. The predicted molar refractivity (Wildman–Crippen MR) is 122 cm³/mol. The van der Waals surface area contributed by atoms with Gasteiger partial charge in [-0.1, -0.05) is 24.3 Å². The zero-order chi connectivity index (χ0) is 23.5. The van der Waals surface area contributed by atoms with Gasteiger partial charge < -0.3 is 15.0 Å². The number of amides is 2. The standard InChI is InChI=1S/C25H25FN4O3/c1-15-7-6-8-18(22(15)33-3)25(32)30-12-11-17(14-30)23-27-13-19(16(2)28-23)24(31)29-21-10-5-4-9-20(21)26/h4-10,13,17H,11-12,14H2,1-3H3,(H,29,31). The molecule has 0 aliphatic carbocycles. The highest BCUT2D eigenvalue weighted by Crippen LogP contribution is 2.30. The molecule has 33 heavy (non-hydrogen) atoms. The highest BCUT2D eigenvalue weighted by molar-refractivity contribution is 6.04. The van der Waals surface area contributed by atoms with Crippen molar-refractivity contribution in [2.24, 2.45) is 0 Å². The Morgan fingerprint density at radius 3 is 2.64 bits per heavy atom. The SMILES string of the molecule is COc1c(C)cccc1C(=O)N1CCC(c2ncc(C(=O)Nc3ccccc3F)c(C)n2)C1. The normalized spacial score (nSPS) is 15.4. The van der Waals surface area contributed by atoms with Crippen LogP contribution in [0.4, 0.5) is 10.1 Å². The van der Waals surface area contributed by atoms with Crippen LogP contribution in [-0.2, 0) is 0 Å². The van der Waals surface area contributed by atoms with Gasteiger partial charge in [0, 0.05) is 25.2 Å². The van der Waals surface area contributed by atoms with E-state index in [9.17, 15) is 14.0 Å². The molecule has 2 heterocycles. The van der Waals surface area contributed by atoms with Crippen LogP contribution >= 0.6 is 0 Å². The summed E-state index contributed by atoms with van der Waals surface area (Å²) in [5.74, 6) is 0.0633. The third-order valence-corrected chi connectivity index (χ3v) is 5.85. The van der Waals surface area contributed by atoms with Crippen molar-refractivity contribution in [2.45, 2.75) is 26.2 Å². The van der Waals surface area contributed by atoms with E-state index in [1.54, 1.807) is 37.1 Å². The molecule has 7 nitrogen and oxygen atoms in total. The third kappa shape index (κ3) is 4.55. The summed E-state index contributed by atoms with van der Waals surface area (Å²) >= 11 is 0. The van der Waals surface area contributed by atoms with Crippen molar-refractivity contribution >= 4 is 17.5 Å². The van der Waals surface area contributed by atoms with Crippen LogP contribution in [0.3, 0.4) is 0 Å². The molecular weight excluding hydrogens is 423 g/mol. The number of halogens is 1. The molecule has 0 saturated carbocycles. The lowest BCUT2D eigenvalue weighted by Gasteiger charge is -2.19. The number of hydrogen-bond donors (Lipinski definition) is 1. The summed E-state index contributed by atoms with van der Waals surface area (Å²) in [4.78, 5) is 36.4. The quantitative estimate of drug-likeness (QED) is 0.635. The topological polar surface area (TPSA) is 84.4 Å². The second-order valence-electron chi connectivity index (χ2n) is 8.05. The number of nitrogens with one attached hydrogen (secondary N) is 1. The fraction of sp³-hybridized carbons (Fsp3) is 0.280. The lowest BCUT2D eigenvalue weighted by molar-refractivity contribution is 0.0787. The molecule has 0 spiro atoms. The van der Waals surface area contributed by atoms with Crippen LogP contribution in [0, 0.1) is 19.7 Å². The zero-order valence-corrected chi connectivity index (χ0v) is 18.8. The summed E-state index contributed by atoms with van der Waals surface area (Å²) in [6.45, 7) is 4.69. The number of likely N-dealkylation sites (tertiary alicyclic amines) is 1. The summed E-state index contributed by atoms with van der Waals surface area (Å²) in [5, 5.41) is 2.55. The van der Waals surface area contributed by atoms with Crippen LogP contribution in [-0.4, -0.2) is 46.9 Å². The van der Waals surface area contributed by atoms with Crippen molar-refractivity contribution in [3.8, 4) is 5.75 Å². The largest absolute Gasteiger partial charge is 0.496 e. The molecule has 1 N–H and O–H groups in total. The van der Waals surface area contributed by atoms with Gasteiger partial charge in [-0.2, -0.15) is 0 Å². The van der Waals surface area contributed by atoms with Gasteiger partial charge in [-0.05, 0) is 44.0 Å². The van der Waals surface area contributed by atoms with Crippen LogP contribution < -0.4 is 10.1 Å². The Hall–Kier alpha value is -3.81. The van der Waals surface area contributed by atoms with Gasteiger partial charge in [-0.25, -0.2) is 14.4 Å². The minimum atomic E-state index is -0.512. The monoisotopic (exact) mass is 448 g/mol. The highest BCUT2D eigenvalue weighted by Gasteiger charge is 2.31. The number of hydrogen-bond acceptors (Lipinski definition) is 5. The second kappa shape index (κ2) is 9.36. The molecule has 1 aliphatic rings. The first-order valence-corrected chi connectivity index (χ1v) is 10.7. The third-order valence-electron chi connectivity index (χ3n) is 5.85.